The lowest BCUT2D eigenvalue weighted by atomic mass is 10.1. The van der Waals surface area contributed by atoms with Crippen LogP contribution in [0.15, 0.2) is 64.5 Å². The SMILES string of the molecule is C[C@@H]1C[C@@H](C(=O)NCc2cc3cnc(N)cc3s2)n2c1ncc(NC(=O)c1ccc(-c3ncon3)cc1)c2=O. The van der Waals surface area contributed by atoms with Crippen molar-refractivity contribution in [1.82, 2.24) is 30.0 Å². The Kier molecular flexibility index (Phi) is 6.11. The molecule has 0 spiro atoms. The molecule has 0 saturated carbocycles. The number of nitrogens with one attached hydrogen (secondary N) is 2. The minimum atomic E-state index is -0.743. The highest BCUT2D eigenvalue weighted by molar-refractivity contribution is 7.19. The summed E-state index contributed by atoms with van der Waals surface area (Å²) in [5.41, 5.74) is 6.28. The first kappa shape index (κ1) is 24.4. The van der Waals surface area contributed by atoms with E-state index in [1.807, 2.05) is 13.0 Å². The first-order chi connectivity index (χ1) is 18.9. The molecule has 1 aliphatic rings. The van der Waals surface area contributed by atoms with E-state index < -0.39 is 17.5 Å². The van der Waals surface area contributed by atoms with Crippen LogP contribution in [0.4, 0.5) is 11.5 Å². The van der Waals surface area contributed by atoms with Crippen LogP contribution in [0.1, 0.15) is 46.4 Å². The predicted molar refractivity (Wildman–Crippen MR) is 144 cm³/mol. The highest BCUT2D eigenvalue weighted by Gasteiger charge is 2.35. The molecule has 196 valence electrons. The van der Waals surface area contributed by atoms with Crippen LogP contribution in [0.2, 0.25) is 0 Å². The smallest absolute Gasteiger partial charge is 0.278 e. The molecule has 0 radical (unpaired) electrons. The van der Waals surface area contributed by atoms with E-state index in [1.54, 1.807) is 36.5 Å². The van der Waals surface area contributed by atoms with Gasteiger partial charge in [-0.05, 0) is 30.7 Å². The van der Waals surface area contributed by atoms with Gasteiger partial charge in [-0.2, -0.15) is 4.98 Å². The average Bonchev–Trinajstić information content (AvgIpc) is 3.68. The number of aromatic nitrogens is 5. The number of hydrogen-bond acceptors (Lipinski definition) is 10. The second kappa shape index (κ2) is 9.76. The van der Waals surface area contributed by atoms with E-state index in [1.165, 1.54) is 28.5 Å². The Bertz CT molecular complexity index is 1760. The van der Waals surface area contributed by atoms with Crippen molar-refractivity contribution < 1.29 is 14.1 Å². The van der Waals surface area contributed by atoms with Gasteiger partial charge in [0.05, 0.1) is 12.7 Å². The molecule has 0 aliphatic carbocycles. The summed E-state index contributed by atoms with van der Waals surface area (Å²) < 4.78 is 7.11. The van der Waals surface area contributed by atoms with Crippen LogP contribution < -0.4 is 21.9 Å². The maximum Gasteiger partial charge on any atom is 0.278 e. The van der Waals surface area contributed by atoms with Gasteiger partial charge in [-0.1, -0.05) is 24.2 Å². The first-order valence-corrected chi connectivity index (χ1v) is 12.9. The van der Waals surface area contributed by atoms with Gasteiger partial charge in [0.25, 0.3) is 11.5 Å². The van der Waals surface area contributed by atoms with Crippen molar-refractivity contribution in [2.24, 2.45) is 0 Å². The minimum absolute atomic E-state index is 0.00695. The molecule has 0 unspecified atom stereocenters. The minimum Gasteiger partial charge on any atom is -0.384 e. The van der Waals surface area contributed by atoms with Crippen LogP contribution >= 0.6 is 11.3 Å². The van der Waals surface area contributed by atoms with Gasteiger partial charge >= 0.3 is 0 Å². The molecule has 6 rings (SSSR count). The summed E-state index contributed by atoms with van der Waals surface area (Å²) >= 11 is 1.52. The lowest BCUT2D eigenvalue weighted by Crippen LogP contribution is -2.36. The highest BCUT2D eigenvalue weighted by atomic mass is 32.1. The Labute approximate surface area is 224 Å². The molecule has 0 fully saturated rings. The van der Waals surface area contributed by atoms with Crippen molar-refractivity contribution in [3.05, 3.63) is 81.8 Å². The van der Waals surface area contributed by atoms with Crippen molar-refractivity contribution in [1.29, 1.82) is 0 Å². The molecule has 12 nitrogen and oxygen atoms in total. The molecule has 1 aliphatic heterocycles. The molecule has 39 heavy (non-hydrogen) atoms. The van der Waals surface area contributed by atoms with Gasteiger partial charge in [0.2, 0.25) is 18.1 Å². The van der Waals surface area contributed by atoms with E-state index in [0.29, 0.717) is 41.6 Å². The second-order valence-electron chi connectivity index (χ2n) is 9.22. The average molecular weight is 543 g/mol. The molecule has 4 N–H and O–H groups in total. The van der Waals surface area contributed by atoms with Crippen molar-refractivity contribution >= 4 is 44.7 Å². The number of carbonyl (C=O) groups is 2. The fraction of sp³-hybridized carbons (Fsp3) is 0.192. The maximum absolute atomic E-state index is 13.4. The van der Waals surface area contributed by atoms with Crippen LogP contribution in [0, 0.1) is 0 Å². The van der Waals surface area contributed by atoms with Crippen LogP contribution in [-0.4, -0.2) is 36.5 Å². The Morgan fingerprint density at radius 2 is 1.97 bits per heavy atom. The van der Waals surface area contributed by atoms with Crippen molar-refractivity contribution in [2.45, 2.75) is 31.8 Å². The number of benzene rings is 1. The van der Waals surface area contributed by atoms with E-state index in [0.717, 1.165) is 15.0 Å². The second-order valence-corrected chi connectivity index (χ2v) is 10.4. The summed E-state index contributed by atoms with van der Waals surface area (Å²) in [6.07, 6.45) is 4.69. The monoisotopic (exact) mass is 542 g/mol. The zero-order valence-electron chi connectivity index (χ0n) is 20.6. The number of anilines is 2. The Morgan fingerprint density at radius 1 is 1.15 bits per heavy atom. The third kappa shape index (κ3) is 4.63. The molecule has 0 saturated heterocycles. The van der Waals surface area contributed by atoms with E-state index in [4.69, 9.17) is 10.3 Å². The van der Waals surface area contributed by atoms with Crippen molar-refractivity contribution in [3.8, 4) is 11.4 Å². The van der Waals surface area contributed by atoms with Gasteiger partial charge in [-0.15, -0.1) is 11.3 Å². The summed E-state index contributed by atoms with van der Waals surface area (Å²) in [4.78, 5) is 52.9. The molecule has 5 aromatic rings. The van der Waals surface area contributed by atoms with E-state index in [9.17, 15) is 14.4 Å². The normalized spacial score (nSPS) is 16.2. The third-order valence-corrected chi connectivity index (χ3v) is 7.68. The van der Waals surface area contributed by atoms with Gasteiger partial charge in [0.1, 0.15) is 23.4 Å². The van der Waals surface area contributed by atoms with E-state index in [2.05, 4.69) is 30.7 Å². The topological polar surface area (TPSA) is 171 Å². The number of nitrogens with two attached hydrogens (primary N) is 1. The van der Waals surface area contributed by atoms with Crippen LogP contribution in [0.25, 0.3) is 21.5 Å². The van der Waals surface area contributed by atoms with Gasteiger partial charge in [0, 0.05) is 38.2 Å². The molecular weight excluding hydrogens is 520 g/mol. The quantitative estimate of drug-likeness (QED) is 0.292. The van der Waals surface area contributed by atoms with Gasteiger partial charge < -0.3 is 20.9 Å². The summed E-state index contributed by atoms with van der Waals surface area (Å²) in [6.45, 7) is 2.22. The molecule has 0 bridgehead atoms. The molecular formula is C26H22N8O4S. The number of pyridine rings is 1. The number of carbonyl (C=O) groups excluding carboxylic acids is 2. The molecule has 5 heterocycles. The maximum atomic E-state index is 13.4. The number of hydrogen-bond donors (Lipinski definition) is 3. The van der Waals surface area contributed by atoms with Crippen molar-refractivity contribution in [2.75, 3.05) is 11.1 Å². The fourth-order valence-corrected chi connectivity index (χ4v) is 5.67. The van der Waals surface area contributed by atoms with Gasteiger partial charge in [-0.25, -0.2) is 9.97 Å². The number of rotatable bonds is 6. The first-order valence-electron chi connectivity index (χ1n) is 12.1. The third-order valence-electron chi connectivity index (χ3n) is 6.58. The molecule has 2 atom stereocenters. The van der Waals surface area contributed by atoms with Gasteiger partial charge in [-0.3, -0.25) is 19.0 Å². The Morgan fingerprint density at radius 3 is 2.74 bits per heavy atom. The van der Waals surface area contributed by atoms with E-state index >= 15 is 0 Å². The summed E-state index contributed by atoms with van der Waals surface area (Å²) in [5, 5.41) is 10.3. The lowest BCUT2D eigenvalue weighted by molar-refractivity contribution is -0.124. The molecule has 2 amide bonds. The highest BCUT2D eigenvalue weighted by Crippen LogP contribution is 2.34. The summed E-state index contributed by atoms with van der Waals surface area (Å²) in [7, 11) is 0. The van der Waals surface area contributed by atoms with Gasteiger partial charge in [0.15, 0.2) is 0 Å². The van der Waals surface area contributed by atoms with E-state index in [-0.39, 0.29) is 17.5 Å². The standard InChI is InChI=1S/C26H22N8O4S/c1-13-6-19(25(36)30-10-17-7-16-9-28-21(27)8-20(16)39-17)34-23(13)29-11-18(26(34)37)32-24(35)15-4-2-14(3-5-15)22-31-12-38-33-22/h2-5,7-9,11-13,19H,6,10H2,1H3,(H2,27,28)(H,30,36)(H,32,35)/t13-,19+/m1/s1. The Balaban J connectivity index is 1.18. The van der Waals surface area contributed by atoms with Crippen LogP contribution in [0.5, 0.6) is 0 Å². The number of nitrogen functional groups attached to an aromatic ring is 1. The number of amides is 2. The lowest BCUT2D eigenvalue weighted by Gasteiger charge is -2.15. The fourth-order valence-electron chi connectivity index (χ4n) is 4.65. The largest absolute Gasteiger partial charge is 0.384 e. The van der Waals surface area contributed by atoms with Crippen LogP contribution in [-0.2, 0) is 11.3 Å². The zero-order chi connectivity index (χ0) is 27.1. The molecule has 13 heteroatoms. The van der Waals surface area contributed by atoms with Crippen molar-refractivity contribution in [3.63, 3.8) is 0 Å². The predicted octanol–water partition coefficient (Wildman–Crippen LogP) is 3.10. The number of nitrogens with zero attached hydrogens (tertiary/aromatic N) is 5. The zero-order valence-corrected chi connectivity index (χ0v) is 21.4. The molecule has 1 aromatic carbocycles. The summed E-state index contributed by atoms with van der Waals surface area (Å²) in [5.74, 6) is 0.462. The number of fused-ring (bicyclic) bond motifs is 2. The Hall–Kier alpha value is -4.91. The number of thiophene rings is 1. The summed E-state index contributed by atoms with van der Waals surface area (Å²) in [6, 6.07) is 9.55. The van der Waals surface area contributed by atoms with Crippen LogP contribution in [0.3, 0.4) is 0 Å². The molecule has 4 aromatic heterocycles.